The van der Waals surface area contributed by atoms with Crippen LogP contribution in [0, 0.1) is 5.82 Å². The molecule has 3 aromatic rings. The van der Waals surface area contributed by atoms with Crippen LogP contribution in [0.15, 0.2) is 30.7 Å². The SMILES string of the molecule is Fc1ccc2c(c1CNc1nccc3nncn13)[C@H]1C[C@H]1O2. The lowest BCUT2D eigenvalue weighted by molar-refractivity contribution is 0.318. The smallest absolute Gasteiger partial charge is 0.210 e. The summed E-state index contributed by atoms with van der Waals surface area (Å²) in [5, 5.41) is 11.0. The normalized spacial score (nSPS) is 21.3. The van der Waals surface area contributed by atoms with Gasteiger partial charge in [0, 0.05) is 35.9 Å². The van der Waals surface area contributed by atoms with E-state index in [1.165, 1.54) is 6.07 Å². The number of nitrogens with zero attached hydrogens (tertiary/aromatic N) is 4. The molecule has 1 N–H and O–H groups in total. The van der Waals surface area contributed by atoms with Gasteiger partial charge in [-0.25, -0.2) is 9.37 Å². The van der Waals surface area contributed by atoms with Crippen molar-refractivity contribution in [2.24, 2.45) is 0 Å². The third-order valence-corrected chi connectivity index (χ3v) is 4.29. The second-order valence-electron chi connectivity index (χ2n) is 5.62. The fourth-order valence-electron chi connectivity index (χ4n) is 3.13. The molecule has 0 spiro atoms. The van der Waals surface area contributed by atoms with Crippen LogP contribution in [-0.2, 0) is 6.54 Å². The molecule has 1 aliphatic carbocycles. The molecule has 0 radical (unpaired) electrons. The third kappa shape index (κ3) is 1.62. The van der Waals surface area contributed by atoms with E-state index in [9.17, 15) is 4.39 Å². The summed E-state index contributed by atoms with van der Waals surface area (Å²) in [6.45, 7) is 0.353. The maximum atomic E-state index is 14.2. The molecular weight excluding hydrogens is 285 g/mol. The lowest BCUT2D eigenvalue weighted by atomic mass is 10.0. The molecule has 6 nitrogen and oxygen atoms in total. The maximum Gasteiger partial charge on any atom is 0.210 e. The minimum absolute atomic E-state index is 0.210. The molecule has 110 valence electrons. The van der Waals surface area contributed by atoms with Crippen LogP contribution < -0.4 is 10.1 Å². The zero-order valence-electron chi connectivity index (χ0n) is 11.5. The molecule has 1 aromatic carbocycles. The number of rotatable bonds is 3. The van der Waals surface area contributed by atoms with Crippen molar-refractivity contribution in [2.45, 2.75) is 25.0 Å². The predicted octanol–water partition coefficient (Wildman–Crippen LogP) is 2.12. The van der Waals surface area contributed by atoms with Gasteiger partial charge in [-0.3, -0.25) is 4.40 Å². The summed E-state index contributed by atoms with van der Waals surface area (Å²) in [5.41, 5.74) is 2.37. The van der Waals surface area contributed by atoms with E-state index in [-0.39, 0.29) is 11.9 Å². The van der Waals surface area contributed by atoms with Crippen LogP contribution >= 0.6 is 0 Å². The zero-order chi connectivity index (χ0) is 14.7. The number of nitrogens with one attached hydrogen (secondary N) is 1. The molecular formula is C15H12FN5O. The molecule has 22 heavy (non-hydrogen) atoms. The van der Waals surface area contributed by atoms with Crippen molar-refractivity contribution in [2.75, 3.05) is 5.32 Å². The van der Waals surface area contributed by atoms with Crippen LogP contribution in [0.1, 0.15) is 23.5 Å². The van der Waals surface area contributed by atoms with Gasteiger partial charge in [0.15, 0.2) is 5.65 Å². The van der Waals surface area contributed by atoms with Crippen molar-refractivity contribution in [3.8, 4) is 5.75 Å². The average molecular weight is 297 g/mol. The average Bonchev–Trinajstić information content (AvgIpc) is 2.96. The number of hydrogen-bond acceptors (Lipinski definition) is 5. The van der Waals surface area contributed by atoms with Crippen molar-refractivity contribution in [1.29, 1.82) is 0 Å². The Balaban J connectivity index is 1.50. The zero-order valence-corrected chi connectivity index (χ0v) is 11.5. The molecule has 0 amide bonds. The molecule has 1 aliphatic heterocycles. The Kier molecular flexibility index (Phi) is 2.25. The van der Waals surface area contributed by atoms with E-state index in [2.05, 4.69) is 20.5 Å². The Labute approximate surface area is 125 Å². The number of halogens is 1. The first-order chi connectivity index (χ1) is 10.8. The standard InChI is InChI=1S/C15H12FN5O/c16-10-1-2-11-14(8-5-12(8)22-11)9(10)6-18-15-17-4-3-13-20-19-7-21(13)15/h1-4,7-8,12H,5-6H2,(H,17,18)/t8-,12+/m0/s1. The van der Waals surface area contributed by atoms with Crippen molar-refractivity contribution in [3.05, 3.63) is 47.7 Å². The van der Waals surface area contributed by atoms with E-state index in [1.54, 1.807) is 29.1 Å². The Morgan fingerprint density at radius 3 is 3.27 bits per heavy atom. The molecule has 1 fully saturated rings. The van der Waals surface area contributed by atoms with Crippen LogP contribution in [0.4, 0.5) is 10.3 Å². The highest BCUT2D eigenvalue weighted by Crippen LogP contribution is 2.55. The number of fused-ring (bicyclic) bond motifs is 4. The first-order valence-electron chi connectivity index (χ1n) is 7.18. The van der Waals surface area contributed by atoms with Gasteiger partial charge in [-0.05, 0) is 18.6 Å². The van der Waals surface area contributed by atoms with Gasteiger partial charge in [0.2, 0.25) is 5.95 Å². The fraction of sp³-hybridized carbons (Fsp3) is 0.267. The van der Waals surface area contributed by atoms with Crippen molar-refractivity contribution in [1.82, 2.24) is 19.6 Å². The van der Waals surface area contributed by atoms with Gasteiger partial charge < -0.3 is 10.1 Å². The summed E-state index contributed by atoms with van der Waals surface area (Å²) in [4.78, 5) is 4.26. The third-order valence-electron chi connectivity index (χ3n) is 4.29. The number of anilines is 1. The summed E-state index contributed by atoms with van der Waals surface area (Å²) in [6.07, 6.45) is 4.46. The minimum Gasteiger partial charge on any atom is -0.489 e. The van der Waals surface area contributed by atoms with Crippen molar-refractivity contribution in [3.63, 3.8) is 0 Å². The van der Waals surface area contributed by atoms with Crippen LogP contribution in [0.2, 0.25) is 0 Å². The molecule has 2 aliphatic rings. The molecule has 5 rings (SSSR count). The Hall–Kier alpha value is -2.70. The quantitative estimate of drug-likeness (QED) is 0.802. The van der Waals surface area contributed by atoms with Crippen LogP contribution in [0.25, 0.3) is 5.65 Å². The van der Waals surface area contributed by atoms with Crippen LogP contribution in [0.3, 0.4) is 0 Å². The molecule has 0 saturated heterocycles. The fourth-order valence-corrected chi connectivity index (χ4v) is 3.13. The highest BCUT2D eigenvalue weighted by atomic mass is 19.1. The van der Waals surface area contributed by atoms with Crippen LogP contribution in [-0.4, -0.2) is 25.7 Å². The molecule has 3 heterocycles. The summed E-state index contributed by atoms with van der Waals surface area (Å²) in [5.74, 6) is 1.54. The first kappa shape index (κ1) is 11.9. The second-order valence-corrected chi connectivity index (χ2v) is 5.62. The summed E-state index contributed by atoms with van der Waals surface area (Å²) < 4.78 is 21.7. The van der Waals surface area contributed by atoms with Gasteiger partial charge in [-0.1, -0.05) is 0 Å². The summed E-state index contributed by atoms with van der Waals surface area (Å²) >= 11 is 0. The van der Waals surface area contributed by atoms with Crippen molar-refractivity contribution >= 4 is 11.6 Å². The van der Waals surface area contributed by atoms with E-state index in [0.717, 1.165) is 17.7 Å². The van der Waals surface area contributed by atoms with Gasteiger partial charge in [0.1, 0.15) is 24.0 Å². The Bertz CT molecular complexity index is 893. The largest absolute Gasteiger partial charge is 0.489 e. The van der Waals surface area contributed by atoms with Gasteiger partial charge in [0.25, 0.3) is 0 Å². The molecule has 2 atom stereocenters. The molecule has 1 saturated carbocycles. The summed E-state index contributed by atoms with van der Waals surface area (Å²) in [7, 11) is 0. The predicted molar refractivity (Wildman–Crippen MR) is 76.3 cm³/mol. The molecule has 0 unspecified atom stereocenters. The van der Waals surface area contributed by atoms with E-state index >= 15 is 0 Å². The lowest BCUT2D eigenvalue weighted by Crippen LogP contribution is -2.09. The minimum atomic E-state index is -0.210. The van der Waals surface area contributed by atoms with Crippen LogP contribution in [0.5, 0.6) is 5.75 Å². The maximum absolute atomic E-state index is 14.2. The van der Waals surface area contributed by atoms with Gasteiger partial charge >= 0.3 is 0 Å². The van der Waals surface area contributed by atoms with E-state index in [4.69, 9.17) is 4.74 Å². The Morgan fingerprint density at radius 1 is 1.36 bits per heavy atom. The topological polar surface area (TPSA) is 64.3 Å². The number of ether oxygens (including phenoxy) is 1. The van der Waals surface area contributed by atoms with E-state index in [1.807, 2.05) is 0 Å². The number of hydrogen-bond donors (Lipinski definition) is 1. The number of aromatic nitrogens is 4. The Morgan fingerprint density at radius 2 is 2.32 bits per heavy atom. The van der Waals surface area contributed by atoms with E-state index in [0.29, 0.717) is 29.6 Å². The molecule has 2 aromatic heterocycles. The summed E-state index contributed by atoms with van der Waals surface area (Å²) in [6, 6.07) is 4.95. The highest BCUT2D eigenvalue weighted by molar-refractivity contribution is 5.52. The molecule has 0 bridgehead atoms. The monoisotopic (exact) mass is 297 g/mol. The lowest BCUT2D eigenvalue weighted by Gasteiger charge is -2.12. The van der Waals surface area contributed by atoms with Gasteiger partial charge in [-0.2, -0.15) is 0 Å². The van der Waals surface area contributed by atoms with Crippen molar-refractivity contribution < 1.29 is 9.13 Å². The number of benzene rings is 1. The highest BCUT2D eigenvalue weighted by Gasteiger charge is 2.49. The molecule has 7 heteroatoms. The van der Waals surface area contributed by atoms with Gasteiger partial charge in [-0.15, -0.1) is 10.2 Å². The second kappa shape index (κ2) is 4.16. The van der Waals surface area contributed by atoms with E-state index < -0.39 is 0 Å². The van der Waals surface area contributed by atoms with Gasteiger partial charge in [0.05, 0.1) is 0 Å². The first-order valence-corrected chi connectivity index (χ1v) is 7.18.